The van der Waals surface area contributed by atoms with Gasteiger partial charge in [-0.15, -0.1) is 0 Å². The summed E-state index contributed by atoms with van der Waals surface area (Å²) in [6.45, 7) is 0. The zero-order chi connectivity index (χ0) is 11.8. The van der Waals surface area contributed by atoms with E-state index in [0.717, 1.165) is 12.5 Å². The van der Waals surface area contributed by atoms with Crippen LogP contribution in [0.5, 0.6) is 0 Å². The Labute approximate surface area is 104 Å². The van der Waals surface area contributed by atoms with Gasteiger partial charge in [-0.1, -0.05) is 37.1 Å². The first-order valence-electron chi connectivity index (χ1n) is 6.82. The van der Waals surface area contributed by atoms with E-state index in [9.17, 15) is 0 Å². The molecule has 0 amide bonds. The van der Waals surface area contributed by atoms with Crippen LogP contribution in [-0.2, 0) is 6.42 Å². The molecular formula is C15H22N2. The molecule has 2 aliphatic carbocycles. The summed E-state index contributed by atoms with van der Waals surface area (Å²) < 4.78 is 0. The van der Waals surface area contributed by atoms with Crippen molar-refractivity contribution < 1.29 is 0 Å². The number of fused-ring (bicyclic) bond motifs is 1. The maximum absolute atomic E-state index is 6.42. The smallest absolute Gasteiger partial charge is 0.0459 e. The van der Waals surface area contributed by atoms with Gasteiger partial charge in [-0.25, -0.2) is 0 Å². The third kappa shape index (κ3) is 1.90. The molecule has 1 aromatic rings. The third-order valence-corrected chi connectivity index (χ3v) is 4.68. The first kappa shape index (κ1) is 11.2. The minimum atomic E-state index is 0.205. The maximum Gasteiger partial charge on any atom is 0.0459 e. The molecule has 2 aliphatic rings. The predicted octanol–water partition coefficient (Wildman–Crippen LogP) is 2.49. The van der Waals surface area contributed by atoms with E-state index in [-0.39, 0.29) is 6.04 Å². The number of hydrogen-bond donors (Lipinski definition) is 1. The average Bonchev–Trinajstić information content (AvgIpc) is 2.97. The van der Waals surface area contributed by atoms with E-state index in [4.69, 9.17) is 5.73 Å². The van der Waals surface area contributed by atoms with Crippen LogP contribution in [0.3, 0.4) is 0 Å². The lowest BCUT2D eigenvalue weighted by Gasteiger charge is -2.33. The Bertz CT molecular complexity index is 396. The zero-order valence-corrected chi connectivity index (χ0v) is 10.6. The van der Waals surface area contributed by atoms with Crippen molar-refractivity contribution in [2.75, 3.05) is 7.05 Å². The monoisotopic (exact) mass is 230 g/mol. The van der Waals surface area contributed by atoms with Crippen molar-refractivity contribution in [3.05, 3.63) is 35.4 Å². The molecule has 0 bridgehead atoms. The van der Waals surface area contributed by atoms with Crippen LogP contribution >= 0.6 is 0 Å². The van der Waals surface area contributed by atoms with Crippen LogP contribution in [0.15, 0.2) is 24.3 Å². The van der Waals surface area contributed by atoms with E-state index in [2.05, 4.69) is 36.2 Å². The van der Waals surface area contributed by atoms with Crippen LogP contribution in [0, 0.1) is 0 Å². The van der Waals surface area contributed by atoms with Crippen molar-refractivity contribution in [3.8, 4) is 0 Å². The molecule has 2 N–H and O–H groups in total. The summed E-state index contributed by atoms with van der Waals surface area (Å²) >= 11 is 0. The molecule has 92 valence electrons. The van der Waals surface area contributed by atoms with Crippen molar-refractivity contribution in [2.45, 2.75) is 50.2 Å². The quantitative estimate of drug-likeness (QED) is 0.845. The van der Waals surface area contributed by atoms with Gasteiger partial charge < -0.3 is 5.73 Å². The maximum atomic E-state index is 6.42. The molecule has 17 heavy (non-hydrogen) atoms. The van der Waals surface area contributed by atoms with Gasteiger partial charge in [0.05, 0.1) is 0 Å². The second kappa shape index (κ2) is 4.43. The molecule has 3 rings (SSSR count). The molecule has 0 spiro atoms. The molecule has 1 fully saturated rings. The summed E-state index contributed by atoms with van der Waals surface area (Å²) in [7, 11) is 2.27. The summed E-state index contributed by atoms with van der Waals surface area (Å²) in [5, 5.41) is 0. The van der Waals surface area contributed by atoms with Crippen LogP contribution in [0.25, 0.3) is 0 Å². The Morgan fingerprint density at radius 2 is 1.88 bits per heavy atom. The van der Waals surface area contributed by atoms with Crippen LogP contribution < -0.4 is 5.73 Å². The number of benzene rings is 1. The van der Waals surface area contributed by atoms with Crippen molar-refractivity contribution in [1.82, 2.24) is 4.90 Å². The van der Waals surface area contributed by atoms with Gasteiger partial charge in [0.2, 0.25) is 0 Å². The van der Waals surface area contributed by atoms with Gasteiger partial charge in [0.15, 0.2) is 0 Å². The minimum Gasteiger partial charge on any atom is -0.323 e. The van der Waals surface area contributed by atoms with Crippen molar-refractivity contribution >= 4 is 0 Å². The lowest BCUT2D eigenvalue weighted by atomic mass is 10.1. The molecule has 0 aromatic heterocycles. The second-order valence-corrected chi connectivity index (χ2v) is 5.60. The fraction of sp³-hybridized carbons (Fsp3) is 0.600. The summed E-state index contributed by atoms with van der Waals surface area (Å²) in [5.41, 5.74) is 9.23. The van der Waals surface area contributed by atoms with Gasteiger partial charge in [0.1, 0.15) is 0 Å². The van der Waals surface area contributed by atoms with Gasteiger partial charge in [0, 0.05) is 18.1 Å². The third-order valence-electron chi connectivity index (χ3n) is 4.68. The lowest BCUT2D eigenvalue weighted by Crippen LogP contribution is -2.43. The van der Waals surface area contributed by atoms with E-state index in [1.54, 1.807) is 0 Å². The molecule has 1 saturated carbocycles. The highest BCUT2D eigenvalue weighted by Crippen LogP contribution is 2.35. The Balaban J connectivity index is 1.78. The highest BCUT2D eigenvalue weighted by Gasteiger charge is 2.35. The number of hydrogen-bond acceptors (Lipinski definition) is 2. The van der Waals surface area contributed by atoms with Gasteiger partial charge in [-0.3, -0.25) is 4.90 Å². The Morgan fingerprint density at radius 3 is 2.59 bits per heavy atom. The molecule has 0 aliphatic heterocycles. The van der Waals surface area contributed by atoms with Crippen LogP contribution in [0.1, 0.15) is 42.9 Å². The van der Waals surface area contributed by atoms with Gasteiger partial charge >= 0.3 is 0 Å². The lowest BCUT2D eigenvalue weighted by molar-refractivity contribution is 0.160. The molecule has 2 heteroatoms. The first-order chi connectivity index (χ1) is 8.27. The predicted molar refractivity (Wildman–Crippen MR) is 70.9 cm³/mol. The fourth-order valence-electron chi connectivity index (χ4n) is 3.58. The van der Waals surface area contributed by atoms with E-state index >= 15 is 0 Å². The van der Waals surface area contributed by atoms with E-state index in [1.165, 1.54) is 36.8 Å². The molecule has 2 atom stereocenters. The van der Waals surface area contributed by atoms with E-state index < -0.39 is 0 Å². The second-order valence-electron chi connectivity index (χ2n) is 5.60. The highest BCUT2D eigenvalue weighted by molar-refractivity contribution is 5.36. The molecule has 1 aromatic carbocycles. The van der Waals surface area contributed by atoms with E-state index in [1.807, 2.05) is 0 Å². The fourth-order valence-corrected chi connectivity index (χ4v) is 3.58. The SMILES string of the molecule is CN(C1CCCC1)C1Cc2ccccc2C1N. The Kier molecular flexibility index (Phi) is 2.93. The molecule has 0 radical (unpaired) electrons. The first-order valence-corrected chi connectivity index (χ1v) is 6.82. The van der Waals surface area contributed by atoms with Gasteiger partial charge in [0.25, 0.3) is 0 Å². The van der Waals surface area contributed by atoms with Crippen LogP contribution in [0.2, 0.25) is 0 Å². The standard InChI is InChI=1S/C15H22N2/c1-17(12-7-3-4-8-12)14-10-11-6-2-5-9-13(11)15(14)16/h2,5-6,9,12,14-15H,3-4,7-8,10,16H2,1H3. The number of rotatable bonds is 2. The Morgan fingerprint density at radius 1 is 1.18 bits per heavy atom. The van der Waals surface area contributed by atoms with Crippen LogP contribution in [-0.4, -0.2) is 24.0 Å². The molecule has 2 unspecified atom stereocenters. The summed E-state index contributed by atoms with van der Waals surface area (Å²) in [6.07, 6.45) is 6.63. The number of nitrogens with zero attached hydrogens (tertiary/aromatic N) is 1. The average molecular weight is 230 g/mol. The van der Waals surface area contributed by atoms with Crippen molar-refractivity contribution in [3.63, 3.8) is 0 Å². The number of likely N-dealkylation sites (N-methyl/N-ethyl adjacent to an activating group) is 1. The van der Waals surface area contributed by atoms with Gasteiger partial charge in [-0.05, 0) is 37.4 Å². The summed E-state index contributed by atoms with van der Waals surface area (Å²) in [4.78, 5) is 2.55. The Hall–Kier alpha value is -0.860. The normalized spacial score (nSPS) is 28.9. The van der Waals surface area contributed by atoms with Crippen molar-refractivity contribution in [2.24, 2.45) is 5.73 Å². The minimum absolute atomic E-state index is 0.205. The molecular weight excluding hydrogens is 208 g/mol. The summed E-state index contributed by atoms with van der Waals surface area (Å²) in [5.74, 6) is 0. The van der Waals surface area contributed by atoms with Crippen LogP contribution in [0.4, 0.5) is 0 Å². The highest BCUT2D eigenvalue weighted by atomic mass is 15.2. The number of nitrogens with two attached hydrogens (primary N) is 1. The van der Waals surface area contributed by atoms with Gasteiger partial charge in [-0.2, -0.15) is 0 Å². The zero-order valence-electron chi connectivity index (χ0n) is 10.6. The molecule has 0 saturated heterocycles. The van der Waals surface area contributed by atoms with E-state index in [0.29, 0.717) is 6.04 Å². The topological polar surface area (TPSA) is 29.3 Å². The molecule has 2 nitrogen and oxygen atoms in total. The molecule has 0 heterocycles. The largest absolute Gasteiger partial charge is 0.323 e. The summed E-state index contributed by atoms with van der Waals surface area (Å²) in [6, 6.07) is 10.1. The van der Waals surface area contributed by atoms with Crippen molar-refractivity contribution in [1.29, 1.82) is 0 Å².